The number of ketones is 1. The van der Waals surface area contributed by atoms with E-state index in [0.717, 1.165) is 16.7 Å². The number of allylic oxidation sites excluding steroid dienone is 2. The Morgan fingerprint density at radius 3 is 1.69 bits per heavy atom. The molecular formula is C25H22O. The fraction of sp³-hybridized carbons (Fsp3) is 0.0800. The lowest BCUT2D eigenvalue weighted by atomic mass is 9.71. The summed E-state index contributed by atoms with van der Waals surface area (Å²) in [7, 11) is 0. The second-order valence-electron chi connectivity index (χ2n) is 6.29. The zero-order valence-corrected chi connectivity index (χ0v) is 14.7. The van der Waals surface area contributed by atoms with Crippen molar-refractivity contribution >= 4 is 11.9 Å². The molecule has 3 aromatic carbocycles. The Morgan fingerprint density at radius 2 is 1.23 bits per heavy atom. The third kappa shape index (κ3) is 3.89. The van der Waals surface area contributed by atoms with Gasteiger partial charge in [-0.2, -0.15) is 0 Å². The highest BCUT2D eigenvalue weighted by Crippen LogP contribution is 2.37. The van der Waals surface area contributed by atoms with E-state index in [1.807, 2.05) is 78.9 Å². The maximum atomic E-state index is 12.8. The van der Waals surface area contributed by atoms with Gasteiger partial charge in [0, 0.05) is 11.8 Å². The first-order chi connectivity index (χ1) is 12.7. The summed E-state index contributed by atoms with van der Waals surface area (Å²) in [6, 6.07) is 30.1. The summed E-state index contributed by atoms with van der Waals surface area (Å²) < 4.78 is 0. The van der Waals surface area contributed by atoms with Gasteiger partial charge in [0.1, 0.15) is 0 Å². The molecule has 0 saturated heterocycles. The molecule has 0 radical (unpaired) electrons. The lowest BCUT2D eigenvalue weighted by molar-refractivity contribution is -0.115. The minimum absolute atomic E-state index is 0.0708. The molecule has 0 aliphatic heterocycles. The lowest BCUT2D eigenvalue weighted by Crippen LogP contribution is -2.28. The van der Waals surface area contributed by atoms with Gasteiger partial charge in [-0.25, -0.2) is 0 Å². The molecule has 0 amide bonds. The van der Waals surface area contributed by atoms with Crippen molar-refractivity contribution in [2.75, 3.05) is 0 Å². The molecule has 3 aromatic rings. The maximum Gasteiger partial charge on any atom is 0.157 e. The summed E-state index contributed by atoms with van der Waals surface area (Å²) in [4.78, 5) is 12.8. The highest BCUT2D eigenvalue weighted by atomic mass is 16.1. The Balaban J connectivity index is 1.95. The van der Waals surface area contributed by atoms with Gasteiger partial charge in [0.05, 0.1) is 0 Å². The Hall–Kier alpha value is -3.19. The Labute approximate surface area is 155 Å². The molecule has 0 aromatic heterocycles. The number of rotatable bonds is 7. The van der Waals surface area contributed by atoms with Gasteiger partial charge in [0.2, 0.25) is 0 Å². The van der Waals surface area contributed by atoms with Gasteiger partial charge in [0.25, 0.3) is 0 Å². The Morgan fingerprint density at radius 1 is 0.769 bits per heavy atom. The van der Waals surface area contributed by atoms with Crippen LogP contribution in [0.25, 0.3) is 6.08 Å². The van der Waals surface area contributed by atoms with E-state index in [0.29, 0.717) is 6.42 Å². The number of carbonyl (C=O) groups excluding carboxylic acids is 1. The zero-order valence-electron chi connectivity index (χ0n) is 14.7. The van der Waals surface area contributed by atoms with Gasteiger partial charge >= 0.3 is 0 Å². The van der Waals surface area contributed by atoms with Crippen LogP contribution < -0.4 is 0 Å². The molecular weight excluding hydrogens is 316 g/mol. The molecule has 3 rings (SSSR count). The molecule has 1 nitrogen and oxygen atoms in total. The van der Waals surface area contributed by atoms with Crippen LogP contribution in [-0.4, -0.2) is 5.78 Å². The lowest BCUT2D eigenvalue weighted by Gasteiger charge is -2.31. The highest BCUT2D eigenvalue weighted by Gasteiger charge is 2.32. The van der Waals surface area contributed by atoms with Crippen molar-refractivity contribution in [2.24, 2.45) is 0 Å². The van der Waals surface area contributed by atoms with E-state index in [-0.39, 0.29) is 5.78 Å². The van der Waals surface area contributed by atoms with Gasteiger partial charge < -0.3 is 0 Å². The predicted molar refractivity (Wildman–Crippen MR) is 109 cm³/mol. The van der Waals surface area contributed by atoms with Crippen LogP contribution in [0.15, 0.2) is 110 Å². The van der Waals surface area contributed by atoms with Crippen LogP contribution in [-0.2, 0) is 10.2 Å². The predicted octanol–water partition coefficient (Wildman–Crippen LogP) is 5.83. The highest BCUT2D eigenvalue weighted by molar-refractivity contribution is 5.95. The van der Waals surface area contributed by atoms with Crippen LogP contribution in [0.2, 0.25) is 0 Å². The average molecular weight is 338 g/mol. The fourth-order valence-electron chi connectivity index (χ4n) is 3.24. The van der Waals surface area contributed by atoms with Gasteiger partial charge in [0.15, 0.2) is 5.78 Å². The molecule has 128 valence electrons. The molecule has 0 saturated carbocycles. The van der Waals surface area contributed by atoms with E-state index in [1.54, 1.807) is 6.08 Å². The molecule has 0 spiro atoms. The molecule has 0 bridgehead atoms. The first kappa shape index (κ1) is 17.6. The number of benzene rings is 3. The minimum atomic E-state index is -0.541. The zero-order chi connectivity index (χ0) is 18.2. The number of hydrogen-bond acceptors (Lipinski definition) is 1. The van der Waals surface area contributed by atoms with Crippen LogP contribution in [0.4, 0.5) is 0 Å². The summed E-state index contributed by atoms with van der Waals surface area (Å²) in [6.07, 6.45) is 5.77. The van der Waals surface area contributed by atoms with Gasteiger partial charge in [-0.05, 0) is 22.8 Å². The fourth-order valence-corrected chi connectivity index (χ4v) is 3.24. The summed E-state index contributed by atoms with van der Waals surface area (Å²) in [6.45, 7) is 4.08. The third-order valence-corrected chi connectivity index (χ3v) is 4.64. The van der Waals surface area contributed by atoms with E-state index in [1.165, 1.54) is 0 Å². The van der Waals surface area contributed by atoms with Gasteiger partial charge in [-0.3, -0.25) is 4.79 Å². The molecule has 0 aliphatic carbocycles. The second kappa shape index (κ2) is 8.26. The summed E-state index contributed by atoms with van der Waals surface area (Å²) in [5.74, 6) is 0.0708. The molecule has 0 fully saturated rings. The van der Waals surface area contributed by atoms with Crippen LogP contribution >= 0.6 is 0 Å². The molecule has 0 atom stereocenters. The summed E-state index contributed by atoms with van der Waals surface area (Å²) >= 11 is 0. The molecule has 0 heterocycles. The minimum Gasteiger partial charge on any atom is -0.295 e. The summed E-state index contributed by atoms with van der Waals surface area (Å²) in [5, 5.41) is 0. The molecule has 0 N–H and O–H groups in total. The van der Waals surface area contributed by atoms with E-state index in [2.05, 4.69) is 30.8 Å². The number of carbonyl (C=O) groups is 1. The molecule has 0 aliphatic rings. The standard InChI is InChI=1S/C25H22O/c1-2-25(22-14-8-4-9-15-22,23-16-10-5-11-17-23)20-24(26)19-18-21-12-6-3-7-13-21/h2-19H,1,20H2/b19-18+. The second-order valence-corrected chi connectivity index (χ2v) is 6.29. The van der Waals surface area contributed by atoms with E-state index in [9.17, 15) is 4.79 Å². The molecule has 0 unspecified atom stereocenters. The van der Waals surface area contributed by atoms with Crippen molar-refractivity contribution in [3.63, 3.8) is 0 Å². The maximum absolute atomic E-state index is 12.8. The van der Waals surface area contributed by atoms with Crippen molar-refractivity contribution in [3.05, 3.63) is 126 Å². The first-order valence-corrected chi connectivity index (χ1v) is 8.75. The van der Waals surface area contributed by atoms with Crippen molar-refractivity contribution in [2.45, 2.75) is 11.8 Å². The van der Waals surface area contributed by atoms with Crippen LogP contribution in [0.5, 0.6) is 0 Å². The van der Waals surface area contributed by atoms with Gasteiger partial charge in [-0.1, -0.05) is 103 Å². The number of hydrogen-bond donors (Lipinski definition) is 0. The molecule has 1 heteroatoms. The van der Waals surface area contributed by atoms with E-state index >= 15 is 0 Å². The monoisotopic (exact) mass is 338 g/mol. The quantitative estimate of drug-likeness (QED) is 0.391. The largest absolute Gasteiger partial charge is 0.295 e. The normalized spacial score (nSPS) is 11.4. The van der Waals surface area contributed by atoms with E-state index < -0.39 is 5.41 Å². The van der Waals surface area contributed by atoms with Crippen molar-refractivity contribution < 1.29 is 4.79 Å². The van der Waals surface area contributed by atoms with E-state index in [4.69, 9.17) is 0 Å². The SMILES string of the molecule is C=CC(CC(=O)/C=C/c1ccccc1)(c1ccccc1)c1ccccc1. The summed E-state index contributed by atoms with van der Waals surface area (Å²) in [5.41, 5.74) is 2.62. The van der Waals surface area contributed by atoms with Crippen LogP contribution in [0.1, 0.15) is 23.1 Å². The molecule has 26 heavy (non-hydrogen) atoms. The van der Waals surface area contributed by atoms with Crippen molar-refractivity contribution in [3.8, 4) is 0 Å². The topological polar surface area (TPSA) is 17.1 Å². The Kier molecular flexibility index (Phi) is 5.60. The Bertz CT molecular complexity index is 838. The van der Waals surface area contributed by atoms with Crippen LogP contribution in [0.3, 0.4) is 0 Å². The van der Waals surface area contributed by atoms with Crippen molar-refractivity contribution in [1.82, 2.24) is 0 Å². The first-order valence-electron chi connectivity index (χ1n) is 8.75. The van der Waals surface area contributed by atoms with Crippen molar-refractivity contribution in [1.29, 1.82) is 0 Å². The van der Waals surface area contributed by atoms with Gasteiger partial charge in [-0.15, -0.1) is 6.58 Å². The smallest absolute Gasteiger partial charge is 0.157 e. The van der Waals surface area contributed by atoms with Crippen LogP contribution in [0, 0.1) is 0 Å². The average Bonchev–Trinajstić information content (AvgIpc) is 2.72. The third-order valence-electron chi connectivity index (χ3n) is 4.64.